The van der Waals surface area contributed by atoms with Crippen LogP contribution in [0.15, 0.2) is 41.0 Å². The molecule has 1 unspecified atom stereocenters. The highest BCUT2D eigenvalue weighted by molar-refractivity contribution is 5.78. The summed E-state index contributed by atoms with van der Waals surface area (Å²) in [5.41, 5.74) is 0.890. The molecule has 1 fully saturated rings. The third-order valence-corrected chi connectivity index (χ3v) is 4.18. The van der Waals surface area contributed by atoms with Gasteiger partial charge < -0.3 is 9.52 Å². The van der Waals surface area contributed by atoms with E-state index in [1.54, 1.807) is 13.2 Å². The van der Waals surface area contributed by atoms with E-state index in [1.807, 2.05) is 35.2 Å². The first kappa shape index (κ1) is 13.8. The molecule has 5 heteroatoms. The molecule has 3 rings (SSSR count). The first-order valence-corrected chi connectivity index (χ1v) is 7.08. The Morgan fingerprint density at radius 1 is 1.43 bits per heavy atom. The summed E-state index contributed by atoms with van der Waals surface area (Å²) in [6, 6.07) is 9.68. The van der Waals surface area contributed by atoms with Crippen LogP contribution in [0.5, 0.6) is 0 Å². The quantitative estimate of drug-likeness (QED) is 0.936. The van der Waals surface area contributed by atoms with Crippen LogP contribution in [0.3, 0.4) is 0 Å². The minimum atomic E-state index is -0.800. The Morgan fingerprint density at radius 3 is 2.90 bits per heavy atom. The van der Waals surface area contributed by atoms with Gasteiger partial charge in [-0.05, 0) is 38.4 Å². The Kier molecular flexibility index (Phi) is 3.51. The summed E-state index contributed by atoms with van der Waals surface area (Å²) in [4.78, 5) is 17.9. The second kappa shape index (κ2) is 5.33. The number of hydrogen-bond acceptors (Lipinski definition) is 4. The first-order chi connectivity index (χ1) is 10.1. The lowest BCUT2D eigenvalue weighted by Gasteiger charge is -2.30. The van der Waals surface area contributed by atoms with Crippen molar-refractivity contribution in [2.45, 2.75) is 31.8 Å². The van der Waals surface area contributed by atoms with Gasteiger partial charge in [0.05, 0.1) is 5.69 Å². The van der Waals surface area contributed by atoms with E-state index < -0.39 is 11.5 Å². The van der Waals surface area contributed by atoms with Crippen molar-refractivity contribution >= 4 is 5.97 Å². The molecule has 1 aromatic carbocycles. The number of likely N-dealkylation sites (tertiary alicyclic amines) is 1. The second-order valence-electron chi connectivity index (χ2n) is 5.61. The van der Waals surface area contributed by atoms with Gasteiger partial charge in [-0.3, -0.25) is 9.69 Å². The molecule has 0 saturated carbocycles. The van der Waals surface area contributed by atoms with E-state index in [0.29, 0.717) is 18.9 Å². The molecule has 21 heavy (non-hydrogen) atoms. The summed E-state index contributed by atoms with van der Waals surface area (Å²) in [5.74, 6) is -0.200. The number of rotatable bonds is 4. The molecule has 0 aliphatic carbocycles. The SMILES string of the molecule is CC1(C(=O)O)CCCN1Cc1coc(-c2ccccc2)n1. The molecule has 0 amide bonds. The van der Waals surface area contributed by atoms with Gasteiger partial charge in [-0.25, -0.2) is 4.98 Å². The van der Waals surface area contributed by atoms with Crippen molar-refractivity contribution in [3.63, 3.8) is 0 Å². The van der Waals surface area contributed by atoms with Gasteiger partial charge in [-0.2, -0.15) is 0 Å². The van der Waals surface area contributed by atoms with Crippen molar-refractivity contribution in [1.82, 2.24) is 9.88 Å². The van der Waals surface area contributed by atoms with Crippen LogP contribution in [0.1, 0.15) is 25.5 Å². The molecule has 2 heterocycles. The van der Waals surface area contributed by atoms with Crippen LogP contribution in [0.4, 0.5) is 0 Å². The van der Waals surface area contributed by atoms with E-state index in [4.69, 9.17) is 4.42 Å². The second-order valence-corrected chi connectivity index (χ2v) is 5.61. The third kappa shape index (κ3) is 2.56. The number of hydrogen-bond donors (Lipinski definition) is 1. The summed E-state index contributed by atoms with van der Waals surface area (Å²) in [5, 5.41) is 9.42. The number of carbonyl (C=O) groups is 1. The topological polar surface area (TPSA) is 66.6 Å². The molecule has 0 radical (unpaired) electrons. The lowest BCUT2D eigenvalue weighted by atomic mass is 9.99. The molecule has 1 atom stereocenters. The Hall–Kier alpha value is -2.14. The molecule has 1 aliphatic heterocycles. The van der Waals surface area contributed by atoms with Crippen LogP contribution >= 0.6 is 0 Å². The normalized spacial score (nSPS) is 22.5. The van der Waals surface area contributed by atoms with E-state index in [2.05, 4.69) is 4.98 Å². The highest BCUT2D eigenvalue weighted by Gasteiger charge is 2.43. The van der Waals surface area contributed by atoms with Crippen molar-refractivity contribution < 1.29 is 14.3 Å². The maximum Gasteiger partial charge on any atom is 0.323 e. The van der Waals surface area contributed by atoms with Crippen LogP contribution in [0.2, 0.25) is 0 Å². The molecule has 1 N–H and O–H groups in total. The van der Waals surface area contributed by atoms with E-state index in [-0.39, 0.29) is 0 Å². The minimum Gasteiger partial charge on any atom is -0.480 e. The Bertz CT molecular complexity index is 638. The van der Waals surface area contributed by atoms with Gasteiger partial charge in [0.1, 0.15) is 11.8 Å². The monoisotopic (exact) mass is 286 g/mol. The maximum atomic E-state index is 11.5. The number of oxazole rings is 1. The fourth-order valence-electron chi connectivity index (χ4n) is 2.80. The van der Waals surface area contributed by atoms with Crippen molar-refractivity contribution in [2.24, 2.45) is 0 Å². The predicted octanol–water partition coefficient (Wildman–Crippen LogP) is 2.78. The smallest absolute Gasteiger partial charge is 0.323 e. The van der Waals surface area contributed by atoms with E-state index >= 15 is 0 Å². The molecular formula is C16H18N2O3. The first-order valence-electron chi connectivity index (χ1n) is 7.08. The minimum absolute atomic E-state index is 0.499. The fraction of sp³-hybridized carbons (Fsp3) is 0.375. The number of carboxylic acid groups (broad SMARTS) is 1. The zero-order valence-corrected chi connectivity index (χ0v) is 12.0. The van der Waals surface area contributed by atoms with Gasteiger partial charge in [-0.1, -0.05) is 18.2 Å². The molecule has 110 valence electrons. The van der Waals surface area contributed by atoms with E-state index in [9.17, 15) is 9.90 Å². The van der Waals surface area contributed by atoms with Gasteiger partial charge >= 0.3 is 5.97 Å². The molecule has 1 saturated heterocycles. The summed E-state index contributed by atoms with van der Waals surface area (Å²) >= 11 is 0. The number of benzene rings is 1. The van der Waals surface area contributed by atoms with Crippen molar-refractivity contribution in [1.29, 1.82) is 0 Å². The van der Waals surface area contributed by atoms with Gasteiger partial charge in [0.25, 0.3) is 0 Å². The molecule has 0 spiro atoms. The summed E-state index contributed by atoms with van der Waals surface area (Å²) in [6.45, 7) is 3.05. The molecule has 0 bridgehead atoms. The van der Waals surface area contributed by atoms with Gasteiger partial charge in [0.2, 0.25) is 5.89 Å². The Balaban J connectivity index is 1.77. The summed E-state index contributed by atoms with van der Waals surface area (Å²) in [6.07, 6.45) is 3.18. The zero-order valence-electron chi connectivity index (χ0n) is 12.0. The largest absolute Gasteiger partial charge is 0.480 e. The molecular weight excluding hydrogens is 268 g/mol. The maximum absolute atomic E-state index is 11.5. The highest BCUT2D eigenvalue weighted by Crippen LogP contribution is 2.31. The average molecular weight is 286 g/mol. The molecule has 2 aromatic rings. The van der Waals surface area contributed by atoms with Crippen LogP contribution in [-0.4, -0.2) is 33.0 Å². The number of carboxylic acids is 1. The molecule has 1 aliphatic rings. The summed E-state index contributed by atoms with van der Waals surface area (Å²) in [7, 11) is 0. The van der Waals surface area contributed by atoms with Crippen LogP contribution in [0.25, 0.3) is 11.5 Å². The van der Waals surface area contributed by atoms with Crippen molar-refractivity contribution in [3.8, 4) is 11.5 Å². The lowest BCUT2D eigenvalue weighted by molar-refractivity contribution is -0.148. The van der Waals surface area contributed by atoms with Crippen molar-refractivity contribution in [3.05, 3.63) is 42.3 Å². The number of aliphatic carboxylic acids is 1. The van der Waals surface area contributed by atoms with Gasteiger partial charge in [0, 0.05) is 12.1 Å². The standard InChI is InChI=1S/C16H18N2O3/c1-16(15(19)20)8-5-9-18(16)10-13-11-21-14(17-13)12-6-3-2-4-7-12/h2-4,6-7,11H,5,8-10H2,1H3,(H,19,20). The molecule has 5 nitrogen and oxygen atoms in total. The summed E-state index contributed by atoms with van der Waals surface area (Å²) < 4.78 is 5.50. The van der Waals surface area contributed by atoms with Gasteiger partial charge in [0.15, 0.2) is 0 Å². The third-order valence-electron chi connectivity index (χ3n) is 4.18. The number of aromatic nitrogens is 1. The van der Waals surface area contributed by atoms with E-state index in [0.717, 1.165) is 24.2 Å². The Morgan fingerprint density at radius 2 is 2.19 bits per heavy atom. The van der Waals surface area contributed by atoms with Crippen LogP contribution < -0.4 is 0 Å². The molecule has 1 aromatic heterocycles. The predicted molar refractivity (Wildman–Crippen MR) is 77.6 cm³/mol. The van der Waals surface area contributed by atoms with E-state index in [1.165, 1.54) is 0 Å². The Labute approximate surface area is 123 Å². The zero-order chi connectivity index (χ0) is 14.9. The fourth-order valence-corrected chi connectivity index (χ4v) is 2.80. The average Bonchev–Trinajstić information content (AvgIpc) is 3.09. The van der Waals surface area contributed by atoms with Gasteiger partial charge in [-0.15, -0.1) is 0 Å². The van der Waals surface area contributed by atoms with Crippen molar-refractivity contribution in [2.75, 3.05) is 6.54 Å². The number of nitrogens with zero attached hydrogens (tertiary/aromatic N) is 2. The van der Waals surface area contributed by atoms with Crippen LogP contribution in [-0.2, 0) is 11.3 Å². The lowest BCUT2D eigenvalue weighted by Crippen LogP contribution is -2.47. The highest BCUT2D eigenvalue weighted by atomic mass is 16.4. The van der Waals surface area contributed by atoms with Crippen LogP contribution in [0, 0.1) is 0 Å².